The Morgan fingerprint density at radius 1 is 0.324 bits per heavy atom. The molecule has 842 valence electrons. The third kappa shape index (κ3) is 25.9. The number of phosphoric acid groups is 1. The standard InChI is InChI=1S/C75H126N3O66P/c76-27-35(98)33(96)24(127-62(27)113)11-124-63-29(78)37(100)54(144-145(120,121)122)26(130-63)13-126-74(71(116)117)3-22(140-75(72(118)119)2-15(86)31(94)51(142-75)18(89)6-81)55(53(143-74)20(91)8-83)134-69-47(110)58(59(52(133-69)19(90)7-82)138-66-43(106)38(101)32(95)23(9-84)128-66)137-68-46(109)56(45(108)49(132-68)21(92)10-123-65-42(105)39(102)40(103)48(131-65)16(87)4-79)135-67-44(107)41(104)57(60(139-67)61(111)112)136-64-28(77)36(99)34(97)25(129-64)12-125-73(70(114)115)1-14(85)30(93)50(141-73)17(88)5-80/h14-60,62-69,79-110,113H,1-13,76-78H2,(H,111,112)(H,114,115)(H,116,117)(H,118,119)(H2,120,121,122)/t14-,15-,16+,17-,18-,19+,20-,21+,22-,23-,24-,25-,26-,27-,28-,29-,30-,31-,32-,33-,34-,35-,36-,37-,38+,39+,40+,41-,42+,43-,44-,45-,46+,47+,48-,49-,50-,51-,52-,53-,54-,55-,56+,57+,58-,59-,60+,62+,63-,64-,65+,66+,67+,68-,69-,73-,74-,75-/m1/s1. The topological polar surface area (TPSA) is 1160 Å². The zero-order chi connectivity index (χ0) is 108. The third-order valence-corrected chi connectivity index (χ3v) is 26.8. The summed E-state index contributed by atoms with van der Waals surface area (Å²) >= 11 is 0. The minimum absolute atomic E-state index is 1.01. The van der Waals surface area contributed by atoms with Crippen LogP contribution >= 0.6 is 7.82 Å². The van der Waals surface area contributed by atoms with E-state index in [1.165, 1.54) is 0 Å². The van der Waals surface area contributed by atoms with E-state index in [0.29, 0.717) is 0 Å². The molecule has 0 aliphatic carbocycles. The zero-order valence-electron chi connectivity index (χ0n) is 75.1. The van der Waals surface area contributed by atoms with Gasteiger partial charge in [0.1, 0.15) is 244 Å². The molecule has 145 heavy (non-hydrogen) atoms. The summed E-state index contributed by atoms with van der Waals surface area (Å²) in [6, 6.07) is -5.78. The molecule has 0 unspecified atom stereocenters. The van der Waals surface area contributed by atoms with E-state index in [4.69, 9.17) is 121 Å². The minimum atomic E-state index is -5.96. The first-order valence-corrected chi connectivity index (χ1v) is 46.1. The summed E-state index contributed by atoms with van der Waals surface area (Å²) < 4.78 is 138. The van der Waals surface area contributed by atoms with Gasteiger partial charge >= 0.3 is 31.7 Å². The van der Waals surface area contributed by atoms with Crippen LogP contribution < -0.4 is 17.2 Å². The minimum Gasteiger partial charge on any atom is -0.479 e. The van der Waals surface area contributed by atoms with Gasteiger partial charge in [-0.2, -0.15) is 0 Å². The van der Waals surface area contributed by atoms with Crippen LogP contribution in [0.5, 0.6) is 0 Å². The van der Waals surface area contributed by atoms with E-state index in [1.807, 2.05) is 0 Å². The Hall–Kier alpha value is -4.29. The molecule has 11 heterocycles. The molecular weight excluding hydrogens is 2030 g/mol. The number of hydrogen-bond donors (Lipinski definition) is 42. The quantitative estimate of drug-likeness (QED) is 0.0252. The number of aliphatic hydroxyl groups excluding tert-OH is 33. The molecule has 0 aromatic rings. The average Bonchev–Trinajstić information content (AvgIpc) is 0.735. The van der Waals surface area contributed by atoms with Gasteiger partial charge in [0.15, 0.2) is 56.4 Å². The van der Waals surface area contributed by atoms with Crippen LogP contribution in [0.2, 0.25) is 0 Å². The smallest absolute Gasteiger partial charge is 0.470 e. The van der Waals surface area contributed by atoms with Crippen molar-refractivity contribution in [1.29, 1.82) is 0 Å². The Bertz CT molecular complexity index is 4160. The molecule has 45 N–H and O–H groups in total. The Morgan fingerprint density at radius 3 is 1.28 bits per heavy atom. The molecule has 0 amide bonds. The van der Waals surface area contributed by atoms with Crippen molar-refractivity contribution in [3.63, 3.8) is 0 Å². The summed E-state index contributed by atoms with van der Waals surface area (Å²) in [4.78, 5) is 75.0. The number of aliphatic hydroxyl groups is 33. The number of carbonyl (C=O) groups is 4. The Morgan fingerprint density at radius 2 is 0.724 bits per heavy atom. The lowest BCUT2D eigenvalue weighted by atomic mass is 9.89. The van der Waals surface area contributed by atoms with Gasteiger partial charge in [-0.3, -0.25) is 4.52 Å². The molecule has 11 saturated heterocycles. The fourth-order valence-electron chi connectivity index (χ4n) is 18.0. The molecule has 11 fully saturated rings. The van der Waals surface area contributed by atoms with E-state index in [9.17, 15) is 222 Å². The highest BCUT2D eigenvalue weighted by atomic mass is 31.2. The highest BCUT2D eigenvalue weighted by molar-refractivity contribution is 7.46. The Kier molecular flexibility index (Phi) is 41.8. The normalized spacial score (nSPS) is 48.5. The van der Waals surface area contributed by atoms with E-state index in [2.05, 4.69) is 0 Å². The fraction of sp³-hybridized carbons (Fsp3) is 0.947. The van der Waals surface area contributed by atoms with Crippen LogP contribution in [0.1, 0.15) is 19.3 Å². The molecule has 0 aromatic heterocycles. The van der Waals surface area contributed by atoms with Crippen LogP contribution in [-0.2, 0) is 128 Å². The molecule has 70 heteroatoms. The number of carboxylic acid groups (broad SMARTS) is 4. The summed E-state index contributed by atoms with van der Waals surface area (Å²) in [5.41, 5.74) is 18.0. The number of phosphoric ester groups is 1. The van der Waals surface area contributed by atoms with Crippen molar-refractivity contribution in [2.45, 2.75) is 374 Å². The molecule has 69 nitrogen and oxygen atoms in total. The summed E-state index contributed by atoms with van der Waals surface area (Å²) in [5, 5.41) is 413. The van der Waals surface area contributed by atoms with Crippen LogP contribution in [0, 0.1) is 0 Å². The first-order chi connectivity index (χ1) is 67.9. The second kappa shape index (κ2) is 50.1. The molecular formula is C75H126N3O66P. The first kappa shape index (κ1) is 121. The van der Waals surface area contributed by atoms with E-state index in [1.54, 1.807) is 0 Å². The summed E-state index contributed by atoms with van der Waals surface area (Å²) in [5.74, 6) is -20.1. The van der Waals surface area contributed by atoms with Gasteiger partial charge in [0.2, 0.25) is 0 Å². The van der Waals surface area contributed by atoms with Gasteiger partial charge in [0, 0.05) is 19.3 Å². The van der Waals surface area contributed by atoms with Gasteiger partial charge in [-0.1, -0.05) is 0 Å². The molecule has 58 atom stereocenters. The van der Waals surface area contributed by atoms with Crippen molar-refractivity contribution in [2.75, 3.05) is 66.1 Å². The lowest BCUT2D eigenvalue weighted by molar-refractivity contribution is -0.418. The van der Waals surface area contributed by atoms with Gasteiger partial charge in [0.05, 0.1) is 103 Å². The summed E-state index contributed by atoms with van der Waals surface area (Å²) in [7, 11) is -5.96. The van der Waals surface area contributed by atoms with Gasteiger partial charge in [-0.25, -0.2) is 23.7 Å². The molecule has 11 aliphatic heterocycles. The van der Waals surface area contributed by atoms with Crippen LogP contribution in [0.4, 0.5) is 0 Å². The van der Waals surface area contributed by atoms with Gasteiger partial charge in [-0.15, -0.1) is 0 Å². The number of carboxylic acids is 4. The van der Waals surface area contributed by atoms with E-state index < -0.39 is 471 Å². The predicted molar refractivity (Wildman–Crippen MR) is 431 cm³/mol. The second-order valence-electron chi connectivity index (χ2n) is 36.1. The van der Waals surface area contributed by atoms with Crippen LogP contribution in [0.15, 0.2) is 0 Å². The largest absolute Gasteiger partial charge is 0.479 e. The maximum absolute atomic E-state index is 14.4. The molecule has 11 rings (SSSR count). The highest BCUT2D eigenvalue weighted by Gasteiger charge is 2.67. The van der Waals surface area contributed by atoms with Crippen LogP contribution in [-0.4, -0.2) is 643 Å². The number of hydrogen-bond acceptors (Lipinski definition) is 63. The number of ether oxygens (including phenoxy) is 21. The monoisotopic (exact) mass is 2160 g/mol. The second-order valence-corrected chi connectivity index (χ2v) is 37.3. The lowest BCUT2D eigenvalue weighted by Crippen LogP contribution is -2.71. The molecule has 0 saturated carbocycles. The SMILES string of the molecule is N[C@@H]1[C@@H](O)[C@H](O)[C@@H](CO[C@@H]2O[C@H](CO[C@]3(C(=O)O)C[C@@H](O[C@]4(C(=O)O)C[C@@H](O)[C@@H](O)[C@@H]([C@H](O)CO)O4)[C@@H](O[C@H]4O[C@H]([C@@H](O)CO)[C@@H](O[C@@H]5O[C@H](CO)[C@@H](O)[C@H](O)[C@H]5O)[C@H](O[C@H]5O[C@H]([C@@H](O)CO[C@H]6O[C@H]([C@@H](O)CO)[C@@H](O)[C@H](O)[C@@H]6O)[C@@H](O)[C@H](O[C@H]6O[C@H](C(=O)O)[C@@H](O[C@H]7O[C@H](CO[C@]8(C(=O)O)C[C@@H](O)[C@@H](O)[C@@H]([C@H](O)CO)O8)[C@@H](O)[C@H](O)[C@H]7N)[C@H](O)[C@H]6O)[C@@H]5O)[C@@H]4O)[C@@H]([C@H](O)CO)O3)[C@@H](OP(=O)(O)O)[C@H](O)[C@H]2N)O[C@@H]1O. The molecule has 0 aromatic carbocycles. The van der Waals surface area contributed by atoms with Crippen molar-refractivity contribution in [3.8, 4) is 0 Å². The zero-order valence-corrected chi connectivity index (χ0v) is 76.0. The van der Waals surface area contributed by atoms with Crippen molar-refractivity contribution >= 4 is 31.7 Å². The first-order valence-electron chi connectivity index (χ1n) is 44.6. The Labute approximate surface area is 812 Å². The number of aliphatic carboxylic acids is 4. The van der Waals surface area contributed by atoms with E-state index in [-0.39, 0.29) is 0 Å². The maximum atomic E-state index is 14.4. The highest BCUT2D eigenvalue weighted by Crippen LogP contribution is 2.48. The van der Waals surface area contributed by atoms with Crippen LogP contribution in [0.3, 0.4) is 0 Å². The lowest BCUT2D eigenvalue weighted by Gasteiger charge is -2.53. The van der Waals surface area contributed by atoms with E-state index in [0.717, 1.165) is 0 Å². The molecule has 0 radical (unpaired) electrons. The van der Waals surface area contributed by atoms with Gasteiger partial charge in [0.25, 0.3) is 17.4 Å². The number of rotatable bonds is 42. The molecule has 0 bridgehead atoms. The van der Waals surface area contributed by atoms with Gasteiger partial charge in [-0.05, 0) is 0 Å². The predicted octanol–water partition coefficient (Wildman–Crippen LogP) is -27.3. The third-order valence-electron chi connectivity index (χ3n) is 26.2. The van der Waals surface area contributed by atoms with Crippen molar-refractivity contribution in [1.82, 2.24) is 0 Å². The number of nitrogens with two attached hydrogens (primary N) is 3. The van der Waals surface area contributed by atoms with Gasteiger partial charge < -0.3 is 315 Å². The molecule has 11 aliphatic rings. The average molecular weight is 2160 g/mol. The molecule has 0 spiro atoms. The van der Waals surface area contributed by atoms with Crippen molar-refractivity contribution in [3.05, 3.63) is 0 Å². The summed E-state index contributed by atoms with van der Waals surface area (Å²) in [6.07, 6.45) is -136. The summed E-state index contributed by atoms with van der Waals surface area (Å²) in [6.45, 7) is -14.1. The van der Waals surface area contributed by atoms with Crippen LogP contribution in [0.25, 0.3) is 0 Å². The van der Waals surface area contributed by atoms with Crippen molar-refractivity contribution < 1.29 is 326 Å². The maximum Gasteiger partial charge on any atom is 0.470 e. The fourth-order valence-corrected chi connectivity index (χ4v) is 18.6. The van der Waals surface area contributed by atoms with Crippen molar-refractivity contribution in [2.24, 2.45) is 17.2 Å². The Balaban J connectivity index is 0.984. The van der Waals surface area contributed by atoms with E-state index >= 15 is 0 Å².